The lowest BCUT2D eigenvalue weighted by atomic mass is 9.83. The van der Waals surface area contributed by atoms with E-state index in [4.69, 9.17) is 4.74 Å². The van der Waals surface area contributed by atoms with Crippen molar-refractivity contribution in [3.63, 3.8) is 0 Å². The Hall–Kier alpha value is -0.120. The second-order valence-electron chi connectivity index (χ2n) is 4.20. The first-order chi connectivity index (χ1) is 6.37. The van der Waals surface area contributed by atoms with Gasteiger partial charge >= 0.3 is 0 Å². The first-order valence-corrected chi connectivity index (χ1v) is 5.35. The summed E-state index contributed by atoms with van der Waals surface area (Å²) in [6.45, 7) is 2.12. The quantitative estimate of drug-likeness (QED) is 0.664. The number of aliphatic hydroxyl groups excluding tert-OH is 1. The normalized spacial score (nSPS) is 40.8. The summed E-state index contributed by atoms with van der Waals surface area (Å²) in [7, 11) is 0. The van der Waals surface area contributed by atoms with Gasteiger partial charge in [-0.05, 0) is 32.2 Å². The number of aliphatic hydroxyl groups is 1. The van der Waals surface area contributed by atoms with E-state index in [9.17, 15) is 5.11 Å². The zero-order valence-corrected chi connectivity index (χ0v) is 8.09. The van der Waals surface area contributed by atoms with Crippen molar-refractivity contribution in [2.75, 3.05) is 19.8 Å². The number of hydrogen-bond acceptors (Lipinski definition) is 3. The maximum Gasteiger partial charge on any atom is 0.0779 e. The van der Waals surface area contributed by atoms with Crippen molar-refractivity contribution >= 4 is 0 Å². The summed E-state index contributed by atoms with van der Waals surface area (Å²) in [6.07, 6.45) is 6.01. The molecule has 2 fully saturated rings. The van der Waals surface area contributed by atoms with E-state index in [1.807, 2.05) is 0 Å². The van der Waals surface area contributed by atoms with Gasteiger partial charge in [0.15, 0.2) is 0 Å². The van der Waals surface area contributed by atoms with Gasteiger partial charge in [0.2, 0.25) is 0 Å². The number of piperidine rings is 1. The fraction of sp³-hybridized carbons (Fsp3) is 1.00. The van der Waals surface area contributed by atoms with Gasteiger partial charge in [-0.2, -0.15) is 0 Å². The van der Waals surface area contributed by atoms with Gasteiger partial charge in [-0.25, -0.2) is 0 Å². The summed E-state index contributed by atoms with van der Waals surface area (Å²) in [5.41, 5.74) is -0.116. The fourth-order valence-electron chi connectivity index (χ4n) is 2.52. The molecule has 0 spiro atoms. The molecule has 0 amide bonds. The van der Waals surface area contributed by atoms with Crippen LogP contribution in [0, 0.1) is 0 Å². The van der Waals surface area contributed by atoms with E-state index in [0.717, 1.165) is 32.4 Å². The molecule has 0 aromatic carbocycles. The van der Waals surface area contributed by atoms with E-state index < -0.39 is 0 Å². The van der Waals surface area contributed by atoms with E-state index in [2.05, 4.69) is 5.32 Å². The molecule has 3 nitrogen and oxygen atoms in total. The van der Waals surface area contributed by atoms with Gasteiger partial charge in [-0.3, -0.25) is 0 Å². The largest absolute Gasteiger partial charge is 0.394 e. The van der Waals surface area contributed by atoms with E-state index in [1.165, 1.54) is 12.8 Å². The minimum atomic E-state index is -0.116. The maximum absolute atomic E-state index is 9.46. The van der Waals surface area contributed by atoms with Gasteiger partial charge in [0.25, 0.3) is 0 Å². The predicted octanol–water partition coefficient (Wildman–Crippen LogP) is 0.670. The summed E-state index contributed by atoms with van der Waals surface area (Å²) >= 11 is 0. The van der Waals surface area contributed by atoms with E-state index in [-0.39, 0.29) is 18.2 Å². The van der Waals surface area contributed by atoms with Crippen LogP contribution in [0.1, 0.15) is 32.1 Å². The van der Waals surface area contributed by atoms with Gasteiger partial charge in [-0.15, -0.1) is 0 Å². The molecule has 2 unspecified atom stereocenters. The van der Waals surface area contributed by atoms with Crippen LogP contribution in [0.25, 0.3) is 0 Å². The Morgan fingerprint density at radius 2 is 2.31 bits per heavy atom. The van der Waals surface area contributed by atoms with Crippen molar-refractivity contribution in [1.29, 1.82) is 0 Å². The first kappa shape index (κ1) is 9.44. The average molecular weight is 185 g/mol. The highest BCUT2D eigenvalue weighted by atomic mass is 16.5. The second-order valence-corrected chi connectivity index (χ2v) is 4.20. The standard InChI is InChI=1S/C10H19NO2/c12-8-10(5-1-2-6-11-10)9-4-3-7-13-9/h9,11-12H,1-8H2. The van der Waals surface area contributed by atoms with E-state index in [0.29, 0.717) is 0 Å². The van der Waals surface area contributed by atoms with Crippen molar-refractivity contribution in [3.05, 3.63) is 0 Å². The summed E-state index contributed by atoms with van der Waals surface area (Å²) < 4.78 is 5.66. The molecule has 0 aliphatic carbocycles. The molecule has 0 saturated carbocycles. The van der Waals surface area contributed by atoms with Crippen LogP contribution in [-0.4, -0.2) is 36.5 Å². The highest BCUT2D eigenvalue weighted by molar-refractivity contribution is 4.98. The number of rotatable bonds is 2. The summed E-state index contributed by atoms with van der Waals surface area (Å²) in [5, 5.41) is 12.9. The van der Waals surface area contributed by atoms with Crippen molar-refractivity contribution in [2.45, 2.75) is 43.7 Å². The average Bonchev–Trinajstić information content (AvgIpc) is 2.72. The van der Waals surface area contributed by atoms with E-state index >= 15 is 0 Å². The Bertz CT molecular complexity index is 160. The minimum Gasteiger partial charge on any atom is -0.394 e. The van der Waals surface area contributed by atoms with Crippen LogP contribution in [0.2, 0.25) is 0 Å². The molecule has 2 atom stereocenters. The molecule has 0 aromatic heterocycles. The number of nitrogens with one attached hydrogen (secondary N) is 1. The van der Waals surface area contributed by atoms with Crippen LogP contribution in [0.3, 0.4) is 0 Å². The lowest BCUT2D eigenvalue weighted by Gasteiger charge is -2.41. The van der Waals surface area contributed by atoms with Crippen LogP contribution in [0.4, 0.5) is 0 Å². The van der Waals surface area contributed by atoms with Gasteiger partial charge in [-0.1, -0.05) is 6.42 Å². The Labute approximate surface area is 79.5 Å². The Balaban J connectivity index is 2.03. The Morgan fingerprint density at radius 1 is 1.38 bits per heavy atom. The molecule has 0 bridgehead atoms. The second kappa shape index (κ2) is 3.95. The molecule has 0 radical (unpaired) electrons. The maximum atomic E-state index is 9.46. The zero-order valence-electron chi connectivity index (χ0n) is 8.09. The van der Waals surface area contributed by atoms with Crippen LogP contribution in [-0.2, 0) is 4.74 Å². The highest BCUT2D eigenvalue weighted by Gasteiger charge is 2.41. The van der Waals surface area contributed by atoms with Gasteiger partial charge < -0.3 is 15.2 Å². The molecule has 2 aliphatic heterocycles. The molecule has 76 valence electrons. The van der Waals surface area contributed by atoms with Gasteiger partial charge in [0, 0.05) is 6.61 Å². The SMILES string of the molecule is OCC1(C2CCCO2)CCCCN1. The van der Waals surface area contributed by atoms with Crippen LogP contribution < -0.4 is 5.32 Å². The van der Waals surface area contributed by atoms with Crippen molar-refractivity contribution in [2.24, 2.45) is 0 Å². The lowest BCUT2D eigenvalue weighted by Crippen LogP contribution is -2.59. The van der Waals surface area contributed by atoms with Gasteiger partial charge in [0.1, 0.15) is 0 Å². The molecular formula is C10H19NO2. The molecule has 2 saturated heterocycles. The zero-order chi connectivity index (χ0) is 9.15. The summed E-state index contributed by atoms with van der Waals surface area (Å²) in [5.74, 6) is 0. The Morgan fingerprint density at radius 3 is 2.85 bits per heavy atom. The molecule has 2 aliphatic rings. The first-order valence-electron chi connectivity index (χ1n) is 5.35. The topological polar surface area (TPSA) is 41.5 Å². The monoisotopic (exact) mass is 185 g/mol. The smallest absolute Gasteiger partial charge is 0.0779 e. The molecule has 3 heteroatoms. The third kappa shape index (κ3) is 1.73. The molecule has 2 N–H and O–H groups in total. The fourth-order valence-corrected chi connectivity index (χ4v) is 2.52. The van der Waals surface area contributed by atoms with Crippen molar-refractivity contribution in [3.8, 4) is 0 Å². The molecule has 2 rings (SSSR count). The van der Waals surface area contributed by atoms with E-state index in [1.54, 1.807) is 0 Å². The van der Waals surface area contributed by atoms with Crippen LogP contribution in [0.5, 0.6) is 0 Å². The Kier molecular flexibility index (Phi) is 2.86. The molecule has 13 heavy (non-hydrogen) atoms. The summed E-state index contributed by atoms with van der Waals surface area (Å²) in [6, 6.07) is 0. The third-order valence-electron chi connectivity index (χ3n) is 3.35. The third-order valence-corrected chi connectivity index (χ3v) is 3.35. The van der Waals surface area contributed by atoms with Crippen molar-refractivity contribution in [1.82, 2.24) is 5.32 Å². The highest BCUT2D eigenvalue weighted by Crippen LogP contribution is 2.30. The summed E-state index contributed by atoms with van der Waals surface area (Å²) in [4.78, 5) is 0. The number of hydrogen-bond donors (Lipinski definition) is 2. The molecular weight excluding hydrogens is 166 g/mol. The van der Waals surface area contributed by atoms with Crippen LogP contribution >= 0.6 is 0 Å². The molecule has 0 aromatic rings. The predicted molar refractivity (Wildman–Crippen MR) is 50.6 cm³/mol. The van der Waals surface area contributed by atoms with Gasteiger partial charge in [0.05, 0.1) is 18.2 Å². The minimum absolute atomic E-state index is 0.116. The molecule has 2 heterocycles. The van der Waals surface area contributed by atoms with Crippen LogP contribution in [0.15, 0.2) is 0 Å². The lowest BCUT2D eigenvalue weighted by molar-refractivity contribution is -0.0155. The number of ether oxygens (including phenoxy) is 1. The van der Waals surface area contributed by atoms with Crippen molar-refractivity contribution < 1.29 is 9.84 Å².